The van der Waals surface area contributed by atoms with Crippen LogP contribution in [0.4, 0.5) is 11.4 Å². The van der Waals surface area contributed by atoms with Crippen LogP contribution >= 0.6 is 0 Å². The van der Waals surface area contributed by atoms with Crippen molar-refractivity contribution in [2.24, 2.45) is 0 Å². The molecule has 4 N–H and O–H groups in total. The van der Waals surface area contributed by atoms with Crippen molar-refractivity contribution in [1.29, 1.82) is 0 Å². The fourth-order valence-electron chi connectivity index (χ4n) is 2.10. The van der Waals surface area contributed by atoms with Gasteiger partial charge in [-0.1, -0.05) is 19.8 Å². The molecule has 2 rings (SSSR count). The Morgan fingerprint density at radius 1 is 1.47 bits per heavy atom. The molecule has 5 heteroatoms. The Hall–Kier alpha value is -2.04. The monoisotopic (exact) mass is 260 g/mol. The molecular weight excluding hydrogens is 240 g/mol. The largest absolute Gasteiger partial charge is 0.397 e. The third kappa shape index (κ3) is 3.05. The number of H-pyrrole nitrogens is 1. The molecule has 2 aromatic rings. The number of hydrogen-bond donors (Lipinski definition) is 3. The molecule has 1 heterocycles. The summed E-state index contributed by atoms with van der Waals surface area (Å²) in [6.45, 7) is 4.30. The molecule has 0 radical (unpaired) electrons. The van der Waals surface area contributed by atoms with Gasteiger partial charge in [-0.25, -0.2) is 4.98 Å². The van der Waals surface area contributed by atoms with Gasteiger partial charge in [-0.2, -0.15) is 0 Å². The smallest absolute Gasteiger partial charge is 0.258 e. The lowest BCUT2D eigenvalue weighted by atomic mass is 10.1. The zero-order valence-corrected chi connectivity index (χ0v) is 11.4. The predicted molar refractivity (Wildman–Crippen MR) is 79.4 cm³/mol. The minimum atomic E-state index is -0.165. The molecule has 1 atom stereocenters. The van der Waals surface area contributed by atoms with E-state index in [-0.39, 0.29) is 5.56 Å². The Labute approximate surface area is 112 Å². The van der Waals surface area contributed by atoms with E-state index in [4.69, 9.17) is 5.73 Å². The van der Waals surface area contributed by atoms with E-state index >= 15 is 0 Å². The second kappa shape index (κ2) is 5.73. The first kappa shape index (κ1) is 13.4. The summed E-state index contributed by atoms with van der Waals surface area (Å²) in [4.78, 5) is 18.3. The topological polar surface area (TPSA) is 83.8 Å². The molecule has 19 heavy (non-hydrogen) atoms. The zero-order chi connectivity index (χ0) is 13.8. The van der Waals surface area contributed by atoms with Crippen LogP contribution in [0.5, 0.6) is 0 Å². The molecule has 0 bridgehead atoms. The van der Waals surface area contributed by atoms with E-state index in [0.29, 0.717) is 22.6 Å². The van der Waals surface area contributed by atoms with Gasteiger partial charge in [0.2, 0.25) is 0 Å². The maximum atomic E-state index is 11.6. The lowest BCUT2D eigenvalue weighted by molar-refractivity contribution is 0.645. The van der Waals surface area contributed by atoms with Gasteiger partial charge in [0.15, 0.2) is 0 Å². The molecular formula is C14H20N4O. The van der Waals surface area contributed by atoms with Crippen LogP contribution in [0.1, 0.15) is 33.1 Å². The summed E-state index contributed by atoms with van der Waals surface area (Å²) >= 11 is 0. The van der Waals surface area contributed by atoms with Gasteiger partial charge < -0.3 is 16.0 Å². The van der Waals surface area contributed by atoms with Crippen LogP contribution in [0.2, 0.25) is 0 Å². The third-order valence-corrected chi connectivity index (χ3v) is 3.20. The molecule has 0 aliphatic carbocycles. The number of nitrogens with one attached hydrogen (secondary N) is 2. The summed E-state index contributed by atoms with van der Waals surface area (Å²) in [5.41, 5.74) is 7.90. The predicted octanol–water partition coefficient (Wildman–Crippen LogP) is 2.50. The van der Waals surface area contributed by atoms with Crippen LogP contribution in [0.3, 0.4) is 0 Å². The Morgan fingerprint density at radius 3 is 3.00 bits per heavy atom. The molecule has 0 fully saturated rings. The van der Waals surface area contributed by atoms with E-state index in [0.717, 1.165) is 12.1 Å². The Kier molecular flexibility index (Phi) is 4.04. The Morgan fingerprint density at radius 2 is 2.26 bits per heavy atom. The van der Waals surface area contributed by atoms with E-state index in [1.807, 2.05) is 6.07 Å². The van der Waals surface area contributed by atoms with Crippen molar-refractivity contribution in [1.82, 2.24) is 9.97 Å². The highest BCUT2D eigenvalue weighted by Crippen LogP contribution is 2.24. The van der Waals surface area contributed by atoms with Crippen molar-refractivity contribution in [2.45, 2.75) is 39.2 Å². The van der Waals surface area contributed by atoms with Gasteiger partial charge in [0.1, 0.15) is 0 Å². The first-order chi connectivity index (χ1) is 9.11. The number of rotatable bonds is 5. The number of nitrogens with two attached hydrogens (primary N) is 1. The number of anilines is 2. The van der Waals surface area contributed by atoms with E-state index in [1.165, 1.54) is 19.2 Å². The highest BCUT2D eigenvalue weighted by atomic mass is 16.1. The number of fused-ring (bicyclic) bond motifs is 1. The SMILES string of the molecule is CCCCC(C)Nc1cc2nc[nH]c(=O)c2cc1N. The summed E-state index contributed by atoms with van der Waals surface area (Å²) < 4.78 is 0. The zero-order valence-electron chi connectivity index (χ0n) is 11.4. The lowest BCUT2D eigenvalue weighted by Crippen LogP contribution is -2.16. The average Bonchev–Trinajstić information content (AvgIpc) is 2.38. The van der Waals surface area contributed by atoms with Crippen LogP contribution in [-0.4, -0.2) is 16.0 Å². The standard InChI is InChI=1S/C14H20N4O/c1-3-4-5-9(2)18-13-7-12-10(6-11(13)15)14(19)17-8-16-12/h6-9,18H,3-5,15H2,1-2H3,(H,16,17,19). The summed E-state index contributed by atoms with van der Waals surface area (Å²) in [5.74, 6) is 0. The molecule has 1 unspecified atom stereocenters. The maximum Gasteiger partial charge on any atom is 0.258 e. The van der Waals surface area contributed by atoms with Crippen molar-refractivity contribution in [3.8, 4) is 0 Å². The molecule has 0 saturated carbocycles. The van der Waals surface area contributed by atoms with Crippen molar-refractivity contribution in [3.05, 3.63) is 28.8 Å². The van der Waals surface area contributed by atoms with Crippen LogP contribution < -0.4 is 16.6 Å². The van der Waals surface area contributed by atoms with Gasteiger partial charge in [-0.15, -0.1) is 0 Å². The van der Waals surface area contributed by atoms with Gasteiger partial charge in [0, 0.05) is 6.04 Å². The number of hydrogen-bond acceptors (Lipinski definition) is 4. The number of nitrogen functional groups attached to an aromatic ring is 1. The van der Waals surface area contributed by atoms with Crippen LogP contribution in [0.15, 0.2) is 23.3 Å². The quantitative estimate of drug-likeness (QED) is 0.721. The number of benzene rings is 1. The summed E-state index contributed by atoms with van der Waals surface area (Å²) in [5, 5.41) is 3.90. The highest BCUT2D eigenvalue weighted by Gasteiger charge is 2.08. The Bertz CT molecular complexity index is 620. The maximum absolute atomic E-state index is 11.6. The van der Waals surface area contributed by atoms with Gasteiger partial charge in [-0.05, 0) is 25.5 Å². The van der Waals surface area contributed by atoms with Gasteiger partial charge >= 0.3 is 0 Å². The van der Waals surface area contributed by atoms with Crippen molar-refractivity contribution in [3.63, 3.8) is 0 Å². The van der Waals surface area contributed by atoms with Crippen molar-refractivity contribution >= 4 is 22.3 Å². The van der Waals surface area contributed by atoms with E-state index in [1.54, 1.807) is 6.07 Å². The summed E-state index contributed by atoms with van der Waals surface area (Å²) in [6.07, 6.45) is 4.86. The number of aromatic amines is 1. The van der Waals surface area contributed by atoms with Gasteiger partial charge in [-0.3, -0.25) is 4.79 Å². The van der Waals surface area contributed by atoms with Crippen LogP contribution in [0.25, 0.3) is 10.9 Å². The van der Waals surface area contributed by atoms with E-state index in [2.05, 4.69) is 29.1 Å². The van der Waals surface area contributed by atoms with Gasteiger partial charge in [0.05, 0.1) is 28.6 Å². The summed E-state index contributed by atoms with van der Waals surface area (Å²) in [7, 11) is 0. The van der Waals surface area contributed by atoms with Crippen molar-refractivity contribution < 1.29 is 0 Å². The second-order valence-electron chi connectivity index (χ2n) is 4.88. The van der Waals surface area contributed by atoms with Gasteiger partial charge in [0.25, 0.3) is 5.56 Å². The first-order valence-corrected chi connectivity index (χ1v) is 6.65. The third-order valence-electron chi connectivity index (χ3n) is 3.20. The molecule has 1 aromatic carbocycles. The molecule has 102 valence electrons. The fraction of sp³-hybridized carbons (Fsp3) is 0.429. The molecule has 5 nitrogen and oxygen atoms in total. The minimum absolute atomic E-state index is 0.165. The normalized spacial score (nSPS) is 12.5. The van der Waals surface area contributed by atoms with Crippen LogP contribution in [0, 0.1) is 0 Å². The number of nitrogens with zero attached hydrogens (tertiary/aromatic N) is 1. The number of unbranched alkanes of at least 4 members (excludes halogenated alkanes) is 1. The van der Waals surface area contributed by atoms with Crippen molar-refractivity contribution in [2.75, 3.05) is 11.1 Å². The molecule has 0 aliphatic rings. The minimum Gasteiger partial charge on any atom is -0.397 e. The number of aromatic nitrogens is 2. The molecule has 0 saturated heterocycles. The van der Waals surface area contributed by atoms with E-state index < -0.39 is 0 Å². The van der Waals surface area contributed by atoms with E-state index in [9.17, 15) is 4.79 Å². The second-order valence-corrected chi connectivity index (χ2v) is 4.88. The van der Waals surface area contributed by atoms with Crippen LogP contribution in [-0.2, 0) is 0 Å². The molecule has 0 amide bonds. The molecule has 1 aromatic heterocycles. The lowest BCUT2D eigenvalue weighted by Gasteiger charge is -2.16. The highest BCUT2D eigenvalue weighted by molar-refractivity contribution is 5.88. The first-order valence-electron chi connectivity index (χ1n) is 6.65. The Balaban J connectivity index is 2.29. The fourth-order valence-corrected chi connectivity index (χ4v) is 2.10. The average molecular weight is 260 g/mol. The summed E-state index contributed by atoms with van der Waals surface area (Å²) in [6, 6.07) is 3.86. The molecule has 0 spiro atoms. The molecule has 0 aliphatic heterocycles.